The van der Waals surface area contributed by atoms with Gasteiger partial charge in [0.1, 0.15) is 0 Å². The van der Waals surface area contributed by atoms with Crippen molar-refractivity contribution < 1.29 is 9.90 Å². The maximum atomic E-state index is 11.7. The average Bonchev–Trinajstić information content (AvgIpc) is 3.35. The Morgan fingerprint density at radius 2 is 1.92 bits per heavy atom. The molecule has 6 aliphatic rings. The van der Waals surface area contributed by atoms with Gasteiger partial charge in [-0.25, -0.2) is 0 Å². The molecule has 25 heavy (non-hydrogen) atoms. The first-order valence-corrected chi connectivity index (χ1v) is 10.8. The topological polar surface area (TPSA) is 37.3 Å². The average molecular weight is 341 g/mol. The molecular formula is C23H32O2. The zero-order valence-corrected chi connectivity index (χ0v) is 15.7. The van der Waals surface area contributed by atoms with E-state index in [0.717, 1.165) is 35.5 Å². The summed E-state index contributed by atoms with van der Waals surface area (Å²) in [6.07, 6.45) is 15.3. The Hall–Kier alpha value is -0.790. The van der Waals surface area contributed by atoms with E-state index in [9.17, 15) is 9.90 Å². The molecule has 0 aromatic carbocycles. The van der Waals surface area contributed by atoms with Crippen molar-refractivity contribution in [3.05, 3.63) is 12.2 Å². The second-order valence-corrected chi connectivity index (χ2v) is 11.1. The Kier molecular flexibility index (Phi) is 2.67. The molecule has 0 amide bonds. The highest BCUT2D eigenvalue weighted by Crippen LogP contribution is 2.83. The number of allylic oxidation sites excluding steroid dienone is 2. The van der Waals surface area contributed by atoms with Crippen LogP contribution in [0.5, 0.6) is 0 Å². The van der Waals surface area contributed by atoms with Gasteiger partial charge in [0.25, 0.3) is 0 Å². The van der Waals surface area contributed by atoms with E-state index in [4.69, 9.17) is 0 Å². The van der Waals surface area contributed by atoms with Gasteiger partial charge in [-0.15, -0.1) is 0 Å². The molecule has 2 nitrogen and oxygen atoms in total. The maximum Gasteiger partial charge on any atom is 0.303 e. The van der Waals surface area contributed by atoms with Gasteiger partial charge in [0, 0.05) is 0 Å². The van der Waals surface area contributed by atoms with Crippen LogP contribution < -0.4 is 0 Å². The Balaban J connectivity index is 1.48. The first kappa shape index (κ1) is 15.3. The summed E-state index contributed by atoms with van der Waals surface area (Å²) in [7, 11) is 0. The molecule has 136 valence electrons. The monoisotopic (exact) mass is 340 g/mol. The van der Waals surface area contributed by atoms with E-state index < -0.39 is 5.97 Å². The molecule has 6 rings (SSSR count). The Labute approximate surface area is 151 Å². The maximum absolute atomic E-state index is 11.7. The van der Waals surface area contributed by atoms with Crippen LogP contribution in [0.4, 0.5) is 0 Å². The van der Waals surface area contributed by atoms with Crippen LogP contribution in [0.15, 0.2) is 12.2 Å². The number of carboxylic acid groups (broad SMARTS) is 1. The summed E-state index contributed by atoms with van der Waals surface area (Å²) in [4.78, 5) is 11.7. The van der Waals surface area contributed by atoms with Crippen LogP contribution in [-0.4, -0.2) is 11.1 Å². The van der Waals surface area contributed by atoms with Gasteiger partial charge in [-0.2, -0.15) is 0 Å². The molecule has 5 saturated carbocycles. The van der Waals surface area contributed by atoms with Crippen LogP contribution in [0.3, 0.4) is 0 Å². The Morgan fingerprint density at radius 1 is 1.08 bits per heavy atom. The quantitative estimate of drug-likeness (QED) is 0.570. The molecule has 0 heterocycles. The summed E-state index contributed by atoms with van der Waals surface area (Å²) < 4.78 is 0. The highest BCUT2D eigenvalue weighted by atomic mass is 16.4. The summed E-state index contributed by atoms with van der Waals surface area (Å²) in [6.45, 7) is 4.86. The minimum Gasteiger partial charge on any atom is -0.481 e. The fraction of sp³-hybridized carbons (Fsp3) is 0.870. The van der Waals surface area contributed by atoms with Crippen LogP contribution in [0, 0.1) is 57.7 Å². The van der Waals surface area contributed by atoms with Gasteiger partial charge >= 0.3 is 5.97 Å². The SMILES string of the molecule is CC1(CC(=O)O)C2CCC1(C)C(C13C4C=CC(C4)C1C1CCC3C1)C2. The van der Waals surface area contributed by atoms with Gasteiger partial charge in [-0.05, 0) is 103 Å². The normalized spacial score (nSPS) is 62.9. The molecule has 0 aromatic rings. The van der Waals surface area contributed by atoms with Crippen LogP contribution in [-0.2, 0) is 4.79 Å². The lowest BCUT2D eigenvalue weighted by Crippen LogP contribution is -2.52. The van der Waals surface area contributed by atoms with Gasteiger partial charge in [0.2, 0.25) is 0 Å². The number of carboxylic acids is 1. The predicted molar refractivity (Wildman–Crippen MR) is 96.8 cm³/mol. The van der Waals surface area contributed by atoms with Crippen LogP contribution in [0.1, 0.15) is 65.2 Å². The number of rotatable bonds is 3. The minimum absolute atomic E-state index is 0.0240. The largest absolute Gasteiger partial charge is 0.481 e. The summed E-state index contributed by atoms with van der Waals surface area (Å²) in [5, 5.41) is 9.65. The minimum atomic E-state index is -0.573. The molecule has 2 heteroatoms. The summed E-state index contributed by atoms with van der Waals surface area (Å²) in [5.41, 5.74) is 0.819. The van der Waals surface area contributed by atoms with E-state index in [2.05, 4.69) is 26.0 Å². The summed E-state index contributed by atoms with van der Waals surface area (Å²) in [6, 6.07) is 0. The third kappa shape index (κ3) is 1.44. The number of hydrogen-bond donors (Lipinski definition) is 1. The van der Waals surface area contributed by atoms with Gasteiger partial charge in [-0.1, -0.05) is 26.0 Å². The van der Waals surface area contributed by atoms with Crippen molar-refractivity contribution in [3.8, 4) is 0 Å². The van der Waals surface area contributed by atoms with E-state index >= 15 is 0 Å². The smallest absolute Gasteiger partial charge is 0.303 e. The van der Waals surface area contributed by atoms with E-state index in [1.165, 1.54) is 44.9 Å². The molecule has 0 aromatic heterocycles. The zero-order valence-electron chi connectivity index (χ0n) is 15.7. The van der Waals surface area contributed by atoms with E-state index in [1.54, 1.807) is 0 Å². The molecule has 0 radical (unpaired) electrons. The van der Waals surface area contributed by atoms with Gasteiger partial charge in [0.05, 0.1) is 6.42 Å². The van der Waals surface area contributed by atoms with Crippen molar-refractivity contribution in [1.29, 1.82) is 0 Å². The number of fused-ring (bicyclic) bond motifs is 11. The third-order valence-corrected chi connectivity index (χ3v) is 11.1. The number of carbonyl (C=O) groups is 1. The standard InChI is InChI=1S/C23H32O2/c1-21-8-7-15(22(21,2)12-19(24)25)11-18(21)23-16-5-3-13(9-16)20(23)14-4-6-17(23)10-14/h3,5,13-18,20H,4,6-12H2,1-2H3,(H,24,25). The molecule has 0 spiro atoms. The third-order valence-electron chi connectivity index (χ3n) is 11.1. The molecular weight excluding hydrogens is 308 g/mol. The highest BCUT2D eigenvalue weighted by molar-refractivity contribution is 5.68. The second kappa shape index (κ2) is 4.37. The lowest BCUT2D eigenvalue weighted by Gasteiger charge is -2.56. The van der Waals surface area contributed by atoms with Crippen molar-refractivity contribution in [3.63, 3.8) is 0 Å². The first-order chi connectivity index (χ1) is 11.9. The molecule has 10 unspecified atom stereocenters. The molecule has 6 bridgehead atoms. The van der Waals surface area contributed by atoms with Gasteiger partial charge in [-0.3, -0.25) is 4.79 Å². The summed E-state index contributed by atoms with van der Waals surface area (Å²) >= 11 is 0. The van der Waals surface area contributed by atoms with E-state index in [-0.39, 0.29) is 10.8 Å². The van der Waals surface area contributed by atoms with E-state index in [1.807, 2.05) is 0 Å². The van der Waals surface area contributed by atoms with Crippen molar-refractivity contribution in [2.45, 2.75) is 65.2 Å². The van der Waals surface area contributed by atoms with Crippen LogP contribution in [0.25, 0.3) is 0 Å². The summed E-state index contributed by atoms with van der Waals surface area (Å²) in [5.74, 6) is 5.39. The Morgan fingerprint density at radius 3 is 2.72 bits per heavy atom. The molecule has 0 aliphatic heterocycles. The molecule has 10 atom stereocenters. The highest BCUT2D eigenvalue weighted by Gasteiger charge is 2.77. The molecule has 6 aliphatic carbocycles. The van der Waals surface area contributed by atoms with Gasteiger partial charge in [0.15, 0.2) is 0 Å². The second-order valence-electron chi connectivity index (χ2n) is 11.1. The van der Waals surface area contributed by atoms with Gasteiger partial charge < -0.3 is 5.11 Å². The fourth-order valence-electron chi connectivity index (χ4n) is 10.3. The number of aliphatic carboxylic acids is 1. The fourth-order valence-corrected chi connectivity index (χ4v) is 10.3. The first-order valence-electron chi connectivity index (χ1n) is 10.8. The molecule has 5 fully saturated rings. The zero-order chi connectivity index (χ0) is 17.2. The Bertz CT molecular complexity index is 682. The lowest BCUT2D eigenvalue weighted by molar-refractivity contribution is -0.143. The molecule has 0 saturated heterocycles. The van der Waals surface area contributed by atoms with Crippen molar-refractivity contribution in [2.75, 3.05) is 0 Å². The molecule has 1 N–H and O–H groups in total. The number of hydrogen-bond acceptors (Lipinski definition) is 1. The van der Waals surface area contributed by atoms with Crippen molar-refractivity contribution in [2.24, 2.45) is 57.7 Å². The van der Waals surface area contributed by atoms with Crippen molar-refractivity contribution in [1.82, 2.24) is 0 Å². The predicted octanol–water partition coefficient (Wildman–Crippen LogP) is 5.14. The van der Waals surface area contributed by atoms with Crippen molar-refractivity contribution >= 4 is 5.97 Å². The lowest BCUT2D eigenvalue weighted by atomic mass is 9.47. The van der Waals surface area contributed by atoms with E-state index in [0.29, 0.717) is 17.8 Å². The van der Waals surface area contributed by atoms with Crippen LogP contribution >= 0.6 is 0 Å². The van der Waals surface area contributed by atoms with Crippen LogP contribution in [0.2, 0.25) is 0 Å².